The molecule has 0 aliphatic heterocycles. The number of hydrogen-bond acceptors (Lipinski definition) is 4. The van der Waals surface area contributed by atoms with Crippen LogP contribution in [0.25, 0.3) is 0 Å². The van der Waals surface area contributed by atoms with Crippen LogP contribution in [0.4, 0.5) is 4.79 Å². The van der Waals surface area contributed by atoms with E-state index in [0.717, 1.165) is 0 Å². The van der Waals surface area contributed by atoms with Crippen molar-refractivity contribution in [3.63, 3.8) is 0 Å². The molecule has 0 aliphatic carbocycles. The van der Waals surface area contributed by atoms with E-state index in [2.05, 4.69) is 28.0 Å². The van der Waals surface area contributed by atoms with Gasteiger partial charge in [-0.25, -0.2) is 4.79 Å². The van der Waals surface area contributed by atoms with Crippen LogP contribution in [0.5, 0.6) is 0 Å². The summed E-state index contributed by atoms with van der Waals surface area (Å²) in [5, 5.41) is 5.19. The third-order valence-corrected chi connectivity index (χ3v) is 2.49. The minimum absolute atomic E-state index is 0.216. The van der Waals surface area contributed by atoms with Gasteiger partial charge >= 0.3 is 6.09 Å². The zero-order valence-electron chi connectivity index (χ0n) is 10.1. The van der Waals surface area contributed by atoms with Gasteiger partial charge in [0.1, 0.15) is 0 Å². The topological polar surface area (TPSA) is 67.4 Å². The molecule has 0 unspecified atom stereocenters. The van der Waals surface area contributed by atoms with Gasteiger partial charge < -0.3 is 15.4 Å². The maximum absolute atomic E-state index is 11.7. The SMILES string of the molecule is CCOC(=O)NCCNC(=O)c1ccccc1S. The predicted octanol–water partition coefficient (Wildman–Crippen LogP) is 1.45. The Hall–Kier alpha value is -1.69. The molecule has 0 atom stereocenters. The van der Waals surface area contributed by atoms with E-state index in [9.17, 15) is 9.59 Å². The number of thiol groups is 1. The van der Waals surface area contributed by atoms with Gasteiger partial charge in [-0.1, -0.05) is 12.1 Å². The van der Waals surface area contributed by atoms with Crippen LogP contribution in [0.1, 0.15) is 17.3 Å². The largest absolute Gasteiger partial charge is 0.450 e. The van der Waals surface area contributed by atoms with Crippen LogP contribution in [0.2, 0.25) is 0 Å². The number of carbonyl (C=O) groups is 2. The van der Waals surface area contributed by atoms with Gasteiger partial charge in [-0.15, -0.1) is 12.6 Å². The fourth-order valence-electron chi connectivity index (χ4n) is 1.28. The predicted molar refractivity (Wildman–Crippen MR) is 71.1 cm³/mol. The molecule has 1 rings (SSSR count). The summed E-state index contributed by atoms with van der Waals surface area (Å²) in [6, 6.07) is 7.01. The van der Waals surface area contributed by atoms with Crippen LogP contribution in [0.15, 0.2) is 29.2 Å². The first-order chi connectivity index (χ1) is 8.65. The molecule has 0 spiro atoms. The molecule has 2 N–H and O–H groups in total. The molecule has 5 nitrogen and oxygen atoms in total. The molecule has 0 heterocycles. The van der Waals surface area contributed by atoms with E-state index < -0.39 is 6.09 Å². The van der Waals surface area contributed by atoms with Crippen LogP contribution in [0, 0.1) is 0 Å². The molecule has 98 valence electrons. The smallest absolute Gasteiger partial charge is 0.407 e. The Labute approximate surface area is 111 Å². The Kier molecular flexibility index (Phi) is 6.07. The number of rotatable bonds is 5. The van der Waals surface area contributed by atoms with Gasteiger partial charge in [0, 0.05) is 18.0 Å². The van der Waals surface area contributed by atoms with E-state index in [1.165, 1.54) is 0 Å². The molecule has 6 heteroatoms. The average Bonchev–Trinajstić information content (AvgIpc) is 2.35. The first kappa shape index (κ1) is 14.4. The van der Waals surface area contributed by atoms with Crippen molar-refractivity contribution in [3.8, 4) is 0 Å². The molecule has 0 radical (unpaired) electrons. The average molecular weight is 268 g/mol. The third kappa shape index (κ3) is 4.67. The van der Waals surface area contributed by atoms with Crippen molar-refractivity contribution in [2.75, 3.05) is 19.7 Å². The highest BCUT2D eigenvalue weighted by molar-refractivity contribution is 7.80. The highest BCUT2D eigenvalue weighted by atomic mass is 32.1. The molecule has 0 saturated carbocycles. The van der Waals surface area contributed by atoms with Gasteiger partial charge in [-0.2, -0.15) is 0 Å². The van der Waals surface area contributed by atoms with E-state index in [1.807, 2.05) is 0 Å². The van der Waals surface area contributed by atoms with Crippen molar-refractivity contribution in [3.05, 3.63) is 29.8 Å². The quantitative estimate of drug-likeness (QED) is 0.559. The van der Waals surface area contributed by atoms with E-state index in [0.29, 0.717) is 30.2 Å². The second-order valence-corrected chi connectivity index (χ2v) is 3.90. The highest BCUT2D eigenvalue weighted by Gasteiger charge is 2.07. The molecule has 1 aromatic carbocycles. The number of ether oxygens (including phenoxy) is 1. The molecular formula is C12H16N2O3S. The Balaban J connectivity index is 2.30. The number of nitrogens with one attached hydrogen (secondary N) is 2. The van der Waals surface area contributed by atoms with Crippen LogP contribution in [0.3, 0.4) is 0 Å². The first-order valence-electron chi connectivity index (χ1n) is 5.62. The standard InChI is InChI=1S/C12H16N2O3S/c1-2-17-12(16)14-8-7-13-11(15)9-5-3-4-6-10(9)18/h3-6,18H,2,7-8H2,1H3,(H,13,15)(H,14,16). The van der Waals surface area contributed by atoms with E-state index >= 15 is 0 Å². The second kappa shape index (κ2) is 7.60. The normalized spacial score (nSPS) is 9.67. The van der Waals surface area contributed by atoms with E-state index in [1.54, 1.807) is 31.2 Å². The fraction of sp³-hybridized carbons (Fsp3) is 0.333. The number of carbonyl (C=O) groups excluding carboxylic acids is 2. The fourth-order valence-corrected chi connectivity index (χ4v) is 1.55. The Morgan fingerprint density at radius 1 is 1.22 bits per heavy atom. The number of alkyl carbamates (subject to hydrolysis) is 1. The molecule has 2 amide bonds. The summed E-state index contributed by atoms with van der Waals surface area (Å²) < 4.78 is 4.68. The minimum atomic E-state index is -0.485. The van der Waals surface area contributed by atoms with Crippen molar-refractivity contribution < 1.29 is 14.3 Å². The lowest BCUT2D eigenvalue weighted by molar-refractivity contribution is 0.0949. The maximum atomic E-state index is 11.7. The highest BCUT2D eigenvalue weighted by Crippen LogP contribution is 2.12. The summed E-state index contributed by atoms with van der Waals surface area (Å²) in [7, 11) is 0. The summed E-state index contributed by atoms with van der Waals surface area (Å²) in [5.74, 6) is -0.216. The molecule has 0 saturated heterocycles. The van der Waals surface area contributed by atoms with Gasteiger partial charge in [-0.3, -0.25) is 4.79 Å². The monoisotopic (exact) mass is 268 g/mol. The number of amides is 2. The van der Waals surface area contributed by atoms with Crippen LogP contribution in [-0.4, -0.2) is 31.7 Å². The summed E-state index contributed by atoms with van der Waals surface area (Å²) in [4.78, 5) is 23.3. The summed E-state index contributed by atoms with van der Waals surface area (Å²) in [6.45, 7) is 2.70. The Morgan fingerprint density at radius 3 is 2.56 bits per heavy atom. The molecule has 1 aromatic rings. The van der Waals surface area contributed by atoms with Gasteiger partial charge in [-0.05, 0) is 19.1 Å². The lowest BCUT2D eigenvalue weighted by Gasteiger charge is -2.08. The molecule has 0 aliphatic rings. The number of benzene rings is 1. The van der Waals surface area contributed by atoms with Crippen LogP contribution in [-0.2, 0) is 4.74 Å². The minimum Gasteiger partial charge on any atom is -0.450 e. The molecule has 0 aromatic heterocycles. The van der Waals surface area contributed by atoms with Crippen molar-refractivity contribution in [2.24, 2.45) is 0 Å². The molecular weight excluding hydrogens is 252 g/mol. The zero-order valence-corrected chi connectivity index (χ0v) is 11.0. The van der Waals surface area contributed by atoms with E-state index in [-0.39, 0.29) is 5.91 Å². The van der Waals surface area contributed by atoms with Crippen LogP contribution >= 0.6 is 12.6 Å². The Bertz CT molecular complexity index is 424. The molecule has 18 heavy (non-hydrogen) atoms. The lowest BCUT2D eigenvalue weighted by Crippen LogP contribution is -2.35. The van der Waals surface area contributed by atoms with Gasteiger partial charge in [0.2, 0.25) is 0 Å². The summed E-state index contributed by atoms with van der Waals surface area (Å²) in [5.41, 5.74) is 0.511. The lowest BCUT2D eigenvalue weighted by atomic mass is 10.2. The maximum Gasteiger partial charge on any atom is 0.407 e. The van der Waals surface area contributed by atoms with Gasteiger partial charge in [0.15, 0.2) is 0 Å². The van der Waals surface area contributed by atoms with Crippen molar-refractivity contribution in [1.29, 1.82) is 0 Å². The van der Waals surface area contributed by atoms with Crippen molar-refractivity contribution >= 4 is 24.6 Å². The van der Waals surface area contributed by atoms with Crippen molar-refractivity contribution in [2.45, 2.75) is 11.8 Å². The van der Waals surface area contributed by atoms with Gasteiger partial charge in [0.05, 0.1) is 12.2 Å². The first-order valence-corrected chi connectivity index (χ1v) is 6.06. The number of hydrogen-bond donors (Lipinski definition) is 3. The van der Waals surface area contributed by atoms with Crippen LogP contribution < -0.4 is 10.6 Å². The summed E-state index contributed by atoms with van der Waals surface area (Å²) in [6.07, 6.45) is -0.485. The molecule has 0 fully saturated rings. The third-order valence-electron chi connectivity index (χ3n) is 2.10. The second-order valence-electron chi connectivity index (χ2n) is 3.42. The Morgan fingerprint density at radius 2 is 1.89 bits per heavy atom. The molecule has 0 bridgehead atoms. The zero-order chi connectivity index (χ0) is 13.4. The van der Waals surface area contributed by atoms with E-state index in [4.69, 9.17) is 0 Å². The van der Waals surface area contributed by atoms with Gasteiger partial charge in [0.25, 0.3) is 5.91 Å². The summed E-state index contributed by atoms with van der Waals surface area (Å²) >= 11 is 4.19. The van der Waals surface area contributed by atoms with Crippen molar-refractivity contribution in [1.82, 2.24) is 10.6 Å².